The van der Waals surface area contributed by atoms with Crippen molar-refractivity contribution >= 4 is 47.1 Å². The average molecular weight is 1200 g/mol. The van der Waals surface area contributed by atoms with Crippen LogP contribution in [0.25, 0.3) is 22.3 Å². The summed E-state index contributed by atoms with van der Waals surface area (Å²) in [6, 6.07) is 31.0. The second kappa shape index (κ2) is 32.3. The first-order valence-corrected chi connectivity index (χ1v) is 29.8. The summed E-state index contributed by atoms with van der Waals surface area (Å²) in [6.45, 7) is 26.5. The topological polar surface area (TPSA) is 209 Å². The van der Waals surface area contributed by atoms with Gasteiger partial charge in [0.15, 0.2) is 0 Å². The lowest BCUT2D eigenvalue weighted by molar-refractivity contribution is -0.173. The van der Waals surface area contributed by atoms with Gasteiger partial charge in [-0.05, 0) is 110 Å². The molecule has 0 aliphatic heterocycles. The van der Waals surface area contributed by atoms with Crippen molar-refractivity contribution in [1.29, 1.82) is 0 Å². The van der Waals surface area contributed by atoms with Crippen molar-refractivity contribution < 1.29 is 66.7 Å². The first-order chi connectivity index (χ1) is 39.9. The van der Waals surface area contributed by atoms with E-state index in [-0.39, 0.29) is 67.0 Å². The van der Waals surface area contributed by atoms with E-state index in [1.54, 1.807) is 60.5 Å². The SMILES string of the molecule is CC[C@H](C)[C@@H]([C@H](OC)OC(=O)OC(C)(C)C)N(C)C(=O)[C@@H](CC(=O)OCC1c2ccccc2-c2ccccc21)C(C)C.CC[C@H](C)[C@@H]([C@H](OC)OC(=O)OC(C)(C)C)N(C)C(=O)[C@@H](N)C(C)C.O=C(Cl)OCC1c2ccccc2-c2ccccc21. The molecule has 4 aromatic carbocycles. The number of likely N-dealkylation sites (N-methyl/N-ethyl adjacent to an activating group) is 2. The number of nitrogens with two attached hydrogens (primary N) is 1. The number of hydrogen-bond donors (Lipinski definition) is 1. The highest BCUT2D eigenvalue weighted by atomic mass is 35.5. The highest BCUT2D eigenvalue weighted by Gasteiger charge is 2.41. The summed E-state index contributed by atoms with van der Waals surface area (Å²) in [7, 11) is 6.19. The summed E-state index contributed by atoms with van der Waals surface area (Å²) in [6.07, 6.45) is -2.28. The monoisotopic (exact) mass is 1200 g/mol. The number of halogens is 1. The molecule has 4 aromatic rings. The Morgan fingerprint density at radius 3 is 1.15 bits per heavy atom. The Balaban J connectivity index is 0.000000303. The van der Waals surface area contributed by atoms with Crippen LogP contribution in [0.15, 0.2) is 97.1 Å². The van der Waals surface area contributed by atoms with Crippen LogP contribution in [-0.4, -0.2) is 129 Å². The van der Waals surface area contributed by atoms with Crippen LogP contribution >= 0.6 is 11.6 Å². The van der Waals surface area contributed by atoms with Crippen LogP contribution in [0, 0.1) is 29.6 Å². The van der Waals surface area contributed by atoms with Gasteiger partial charge in [0, 0.05) is 51.8 Å². The van der Waals surface area contributed by atoms with E-state index in [0.717, 1.165) is 28.7 Å². The number of fused-ring (bicyclic) bond motifs is 6. The summed E-state index contributed by atoms with van der Waals surface area (Å²) in [5, 5.41) is 0. The van der Waals surface area contributed by atoms with E-state index in [4.69, 9.17) is 55.2 Å². The minimum absolute atomic E-state index is 0.000279. The largest absolute Gasteiger partial charge is 0.511 e. The van der Waals surface area contributed by atoms with Gasteiger partial charge in [0.2, 0.25) is 24.4 Å². The molecule has 0 heterocycles. The van der Waals surface area contributed by atoms with Gasteiger partial charge in [0.1, 0.15) is 24.4 Å². The molecule has 0 spiro atoms. The zero-order valence-electron chi connectivity index (χ0n) is 53.3. The first kappa shape index (κ1) is 71.0. The van der Waals surface area contributed by atoms with E-state index in [2.05, 4.69) is 48.5 Å². The molecular weight excluding hydrogens is 1110 g/mol. The minimum atomic E-state index is -1.05. The van der Waals surface area contributed by atoms with Crippen LogP contribution in [0.4, 0.5) is 14.4 Å². The third kappa shape index (κ3) is 19.8. The van der Waals surface area contributed by atoms with Gasteiger partial charge in [-0.1, -0.05) is 165 Å². The van der Waals surface area contributed by atoms with E-state index in [0.29, 0.717) is 6.42 Å². The molecule has 0 fully saturated rings. The summed E-state index contributed by atoms with van der Waals surface area (Å²) >= 11 is 5.25. The fourth-order valence-electron chi connectivity index (χ4n) is 10.5. The number of rotatable bonds is 22. The maximum atomic E-state index is 13.9. The van der Waals surface area contributed by atoms with Crippen molar-refractivity contribution in [3.63, 3.8) is 0 Å². The summed E-state index contributed by atoms with van der Waals surface area (Å²) < 4.78 is 43.1. The molecule has 0 unspecified atom stereocenters. The maximum absolute atomic E-state index is 13.9. The van der Waals surface area contributed by atoms with Crippen molar-refractivity contribution in [2.75, 3.05) is 41.5 Å². The lowest BCUT2D eigenvalue weighted by Gasteiger charge is -2.39. The highest BCUT2D eigenvalue weighted by molar-refractivity contribution is 6.61. The maximum Gasteiger partial charge on any atom is 0.511 e. The fraction of sp³-hybridized carbons (Fsp3) is 0.552. The van der Waals surface area contributed by atoms with Gasteiger partial charge in [0.25, 0.3) is 0 Å². The molecule has 2 N–H and O–H groups in total. The van der Waals surface area contributed by atoms with Crippen molar-refractivity contribution in [3.8, 4) is 22.3 Å². The molecule has 85 heavy (non-hydrogen) atoms. The van der Waals surface area contributed by atoms with E-state index in [1.165, 1.54) is 41.4 Å². The van der Waals surface area contributed by atoms with Gasteiger partial charge in [-0.15, -0.1) is 0 Å². The number of benzene rings is 4. The molecule has 0 saturated carbocycles. The number of ether oxygens (including phenoxy) is 8. The third-order valence-corrected chi connectivity index (χ3v) is 15.6. The number of methoxy groups -OCH3 is 2. The van der Waals surface area contributed by atoms with Gasteiger partial charge in [-0.2, -0.15) is 0 Å². The van der Waals surface area contributed by atoms with Crippen LogP contribution in [0.5, 0.6) is 0 Å². The van der Waals surface area contributed by atoms with Crippen LogP contribution in [0.2, 0.25) is 0 Å². The predicted octanol–water partition coefficient (Wildman–Crippen LogP) is 13.7. The lowest BCUT2D eigenvalue weighted by Crippen LogP contribution is -2.55. The molecule has 0 saturated heterocycles. The second-order valence-corrected chi connectivity index (χ2v) is 24.8. The Labute approximate surface area is 509 Å². The number of hydrogen-bond acceptors (Lipinski definition) is 15. The van der Waals surface area contributed by atoms with Gasteiger partial charge >= 0.3 is 23.7 Å². The smallest absolute Gasteiger partial charge is 0.465 e. The normalized spacial score (nSPS) is 15.4. The molecule has 0 bridgehead atoms. The van der Waals surface area contributed by atoms with E-state index < -0.39 is 71.5 Å². The molecular formula is C67H94ClN3O14. The Morgan fingerprint density at radius 1 is 0.529 bits per heavy atom. The second-order valence-electron chi connectivity index (χ2n) is 24.5. The number of carbonyl (C=O) groups is 6. The average Bonchev–Trinajstić information content (AvgIpc) is 2.69. The van der Waals surface area contributed by atoms with Crippen molar-refractivity contribution in [3.05, 3.63) is 119 Å². The summed E-state index contributed by atoms with van der Waals surface area (Å²) in [5.41, 5.74) is 13.2. The van der Waals surface area contributed by atoms with Crippen molar-refractivity contribution in [2.24, 2.45) is 35.3 Å². The Morgan fingerprint density at radius 2 is 0.859 bits per heavy atom. The van der Waals surface area contributed by atoms with Crippen molar-refractivity contribution in [2.45, 2.75) is 170 Å². The number of carbonyl (C=O) groups excluding carboxylic acids is 6. The van der Waals surface area contributed by atoms with Crippen LogP contribution in [0.1, 0.15) is 150 Å². The number of amides is 2. The quantitative estimate of drug-likeness (QED) is 0.0336. The third-order valence-electron chi connectivity index (χ3n) is 15.5. The molecule has 18 heteroatoms. The van der Waals surface area contributed by atoms with Gasteiger partial charge < -0.3 is 53.4 Å². The van der Waals surface area contributed by atoms with Gasteiger partial charge in [-0.3, -0.25) is 14.4 Å². The molecule has 17 nitrogen and oxygen atoms in total. The molecule has 2 aliphatic carbocycles. The van der Waals surface area contributed by atoms with Crippen LogP contribution < -0.4 is 5.73 Å². The van der Waals surface area contributed by atoms with Crippen molar-refractivity contribution in [1.82, 2.24) is 9.80 Å². The summed E-state index contributed by atoms with van der Waals surface area (Å²) in [4.78, 5) is 78.1. The van der Waals surface area contributed by atoms with Gasteiger partial charge in [0.05, 0.1) is 30.5 Å². The summed E-state index contributed by atoms with van der Waals surface area (Å²) in [5.74, 6) is -1.66. The predicted molar refractivity (Wildman–Crippen MR) is 330 cm³/mol. The van der Waals surface area contributed by atoms with Crippen LogP contribution in [0.3, 0.4) is 0 Å². The minimum Gasteiger partial charge on any atom is -0.465 e. The standard InChI is InChI=1S/C34H47NO7.C18H36N2O5.C15H11ClO2/c1-10-22(4)30(32(39-9)41-33(38)42-34(5,6)7)35(8)31(37)27(21(2)3)19-29(36)40-20-28-25-17-13-11-15-23(25)24-16-12-14-18-26(24)28;1-10-12(4)14(20(8)15(21)13(19)11(2)3)16(23-9)24-17(22)25-18(5,6)7;16-15(17)18-9-14-12-7-3-1-5-10(12)11-6-2-4-8-13(11)14/h11-18,21-22,27-28,30,32H,10,19-20H2,1-9H3;11-14,16H,10,19H2,1-9H3;1-8,14H,9H2/t22-,27-,30-,32+;12-,13-,14-,16+;/m00./s1. The highest BCUT2D eigenvalue weighted by Crippen LogP contribution is 2.46. The Hall–Kier alpha value is -6.53. The van der Waals surface area contributed by atoms with E-state index in [1.807, 2.05) is 104 Å². The van der Waals surface area contributed by atoms with Crippen LogP contribution in [-0.2, 0) is 52.3 Å². The Kier molecular flexibility index (Phi) is 26.9. The molecule has 2 amide bonds. The lowest BCUT2D eigenvalue weighted by atomic mass is 9.89. The number of esters is 1. The molecule has 2 aliphatic rings. The fourth-order valence-corrected chi connectivity index (χ4v) is 10.6. The van der Waals surface area contributed by atoms with Gasteiger partial charge in [-0.25, -0.2) is 14.4 Å². The first-order valence-electron chi connectivity index (χ1n) is 29.4. The van der Waals surface area contributed by atoms with E-state index in [9.17, 15) is 28.8 Å². The zero-order chi connectivity index (χ0) is 63.7. The number of nitrogens with zero attached hydrogens (tertiary/aromatic N) is 2. The molecule has 8 atom stereocenters. The molecule has 0 aromatic heterocycles. The molecule has 6 rings (SSSR count). The molecule has 0 radical (unpaired) electrons. The molecule has 468 valence electrons. The van der Waals surface area contributed by atoms with E-state index >= 15 is 0 Å². The Bertz CT molecular complexity index is 2750. The zero-order valence-corrected chi connectivity index (χ0v) is 54.0.